The van der Waals surface area contributed by atoms with Gasteiger partial charge in [-0.25, -0.2) is 0 Å². The zero-order valence-electron chi connectivity index (χ0n) is 11.3. The van der Waals surface area contributed by atoms with E-state index in [0.717, 1.165) is 17.9 Å². The largest absolute Gasteiger partial charge is 0.416 e. The number of fused-ring (bicyclic) bond motifs is 2. The van der Waals surface area contributed by atoms with Gasteiger partial charge in [-0.2, -0.15) is 13.2 Å². The second kappa shape index (κ2) is 5.40. The standard InChI is InChI=1S/C16H19F3O/c17-16(18,19)15-3-1-2-12(8-15)9-20-10-14-7-11-4-5-13(14)6-11/h1-3,8,11,13-14H,4-7,9-10H2. The molecule has 2 aliphatic rings. The summed E-state index contributed by atoms with van der Waals surface area (Å²) in [5.74, 6) is 2.29. The van der Waals surface area contributed by atoms with Crippen molar-refractivity contribution in [1.29, 1.82) is 0 Å². The smallest absolute Gasteiger partial charge is 0.376 e. The van der Waals surface area contributed by atoms with E-state index in [2.05, 4.69) is 0 Å². The Kier molecular flexibility index (Phi) is 3.76. The maximum absolute atomic E-state index is 12.6. The van der Waals surface area contributed by atoms with Crippen molar-refractivity contribution in [3.8, 4) is 0 Å². The summed E-state index contributed by atoms with van der Waals surface area (Å²) in [5, 5.41) is 0. The lowest BCUT2D eigenvalue weighted by molar-refractivity contribution is -0.137. The molecule has 2 aliphatic carbocycles. The first kappa shape index (κ1) is 13.9. The third kappa shape index (κ3) is 3.00. The van der Waals surface area contributed by atoms with E-state index in [1.165, 1.54) is 37.8 Å². The molecule has 2 fully saturated rings. The summed E-state index contributed by atoms with van der Waals surface area (Å²) in [6.45, 7) is 0.967. The van der Waals surface area contributed by atoms with Gasteiger partial charge >= 0.3 is 6.18 Å². The molecule has 1 aromatic carbocycles. The molecule has 0 amide bonds. The second-order valence-corrected chi connectivity index (χ2v) is 6.15. The van der Waals surface area contributed by atoms with E-state index in [1.807, 2.05) is 0 Å². The predicted molar refractivity (Wildman–Crippen MR) is 70.0 cm³/mol. The van der Waals surface area contributed by atoms with Crippen LogP contribution in [0.4, 0.5) is 13.2 Å². The van der Waals surface area contributed by atoms with Crippen LogP contribution < -0.4 is 0 Å². The fourth-order valence-corrected chi connectivity index (χ4v) is 3.75. The Bertz CT molecular complexity index is 469. The molecule has 0 aromatic heterocycles. The highest BCUT2D eigenvalue weighted by molar-refractivity contribution is 5.25. The third-order valence-electron chi connectivity index (χ3n) is 4.74. The van der Waals surface area contributed by atoms with Crippen molar-refractivity contribution in [1.82, 2.24) is 0 Å². The molecule has 0 aliphatic heterocycles. The minimum atomic E-state index is -4.28. The van der Waals surface area contributed by atoms with Crippen molar-refractivity contribution in [2.24, 2.45) is 17.8 Å². The fraction of sp³-hybridized carbons (Fsp3) is 0.625. The van der Waals surface area contributed by atoms with Crippen LogP contribution in [-0.2, 0) is 17.5 Å². The highest BCUT2D eigenvalue weighted by Gasteiger charge is 2.39. The molecule has 3 atom stereocenters. The summed E-state index contributed by atoms with van der Waals surface area (Å²) >= 11 is 0. The molecule has 3 rings (SSSR count). The van der Waals surface area contributed by atoms with Crippen molar-refractivity contribution < 1.29 is 17.9 Å². The number of alkyl halides is 3. The zero-order valence-corrected chi connectivity index (χ0v) is 11.3. The Morgan fingerprint density at radius 1 is 1.15 bits per heavy atom. The first-order valence-corrected chi connectivity index (χ1v) is 7.26. The third-order valence-corrected chi connectivity index (χ3v) is 4.74. The van der Waals surface area contributed by atoms with Gasteiger partial charge < -0.3 is 4.74 Å². The minimum absolute atomic E-state index is 0.276. The van der Waals surface area contributed by atoms with Crippen LogP contribution in [0.15, 0.2) is 24.3 Å². The lowest BCUT2D eigenvalue weighted by Gasteiger charge is -2.21. The van der Waals surface area contributed by atoms with Crippen molar-refractivity contribution >= 4 is 0 Å². The topological polar surface area (TPSA) is 9.23 Å². The molecular formula is C16H19F3O. The molecule has 4 heteroatoms. The maximum atomic E-state index is 12.6. The number of rotatable bonds is 4. The average Bonchev–Trinajstić information content (AvgIpc) is 3.00. The highest BCUT2D eigenvalue weighted by atomic mass is 19.4. The number of ether oxygens (including phenoxy) is 1. The number of hydrogen-bond donors (Lipinski definition) is 0. The van der Waals surface area contributed by atoms with Gasteiger partial charge in [0.25, 0.3) is 0 Å². The molecule has 2 saturated carbocycles. The van der Waals surface area contributed by atoms with E-state index in [4.69, 9.17) is 4.74 Å². The molecule has 0 saturated heterocycles. The first-order chi connectivity index (χ1) is 9.52. The number of hydrogen-bond acceptors (Lipinski definition) is 1. The Labute approximate surface area is 117 Å². The lowest BCUT2D eigenvalue weighted by Crippen LogP contribution is -2.16. The highest BCUT2D eigenvalue weighted by Crippen LogP contribution is 2.48. The molecular weight excluding hydrogens is 265 g/mol. The van der Waals surface area contributed by atoms with Gasteiger partial charge in [-0.15, -0.1) is 0 Å². The van der Waals surface area contributed by atoms with Gasteiger partial charge in [-0.3, -0.25) is 0 Å². The quantitative estimate of drug-likeness (QED) is 0.781. The van der Waals surface area contributed by atoms with E-state index in [9.17, 15) is 13.2 Å². The van der Waals surface area contributed by atoms with E-state index in [0.29, 0.717) is 18.1 Å². The number of halogens is 3. The summed E-state index contributed by atoms with van der Waals surface area (Å²) in [5.41, 5.74) is 0.00139. The molecule has 0 spiro atoms. The molecule has 1 aromatic rings. The maximum Gasteiger partial charge on any atom is 0.416 e. The first-order valence-electron chi connectivity index (χ1n) is 7.26. The van der Waals surface area contributed by atoms with Crippen LogP contribution in [0, 0.1) is 17.8 Å². The minimum Gasteiger partial charge on any atom is -0.376 e. The van der Waals surface area contributed by atoms with E-state index in [1.54, 1.807) is 6.07 Å². The normalized spacial score (nSPS) is 29.1. The van der Waals surface area contributed by atoms with E-state index >= 15 is 0 Å². The molecule has 0 heterocycles. The molecule has 0 N–H and O–H groups in total. The number of benzene rings is 1. The molecule has 110 valence electrons. The molecule has 3 unspecified atom stereocenters. The van der Waals surface area contributed by atoms with Crippen LogP contribution in [0.1, 0.15) is 36.8 Å². The van der Waals surface area contributed by atoms with Crippen LogP contribution in [0.25, 0.3) is 0 Å². The van der Waals surface area contributed by atoms with Gasteiger partial charge in [0.15, 0.2) is 0 Å². The zero-order chi connectivity index (χ0) is 14.2. The Morgan fingerprint density at radius 3 is 2.65 bits per heavy atom. The predicted octanol–water partition coefficient (Wildman–Crippen LogP) is 4.66. The lowest BCUT2D eigenvalue weighted by atomic mass is 9.89. The van der Waals surface area contributed by atoms with E-state index in [-0.39, 0.29) is 6.61 Å². The summed E-state index contributed by atoms with van der Waals surface area (Å²) in [6, 6.07) is 5.41. The van der Waals surface area contributed by atoms with Crippen molar-refractivity contribution in [2.75, 3.05) is 6.61 Å². The monoisotopic (exact) mass is 284 g/mol. The van der Waals surface area contributed by atoms with Gasteiger partial charge in [0.1, 0.15) is 0 Å². The summed E-state index contributed by atoms with van der Waals surface area (Å²) in [7, 11) is 0. The summed E-state index contributed by atoms with van der Waals surface area (Å²) in [4.78, 5) is 0. The van der Waals surface area contributed by atoms with E-state index < -0.39 is 11.7 Å². The van der Waals surface area contributed by atoms with Crippen LogP contribution >= 0.6 is 0 Å². The van der Waals surface area contributed by atoms with Crippen LogP contribution in [-0.4, -0.2) is 6.61 Å². The summed E-state index contributed by atoms with van der Waals surface area (Å²) < 4.78 is 43.4. The second-order valence-electron chi connectivity index (χ2n) is 6.15. The Balaban J connectivity index is 1.51. The van der Waals surface area contributed by atoms with Gasteiger partial charge in [0.05, 0.1) is 18.8 Å². The van der Waals surface area contributed by atoms with Crippen molar-refractivity contribution in [3.05, 3.63) is 35.4 Å². The van der Waals surface area contributed by atoms with Crippen LogP contribution in [0.5, 0.6) is 0 Å². The SMILES string of the molecule is FC(F)(F)c1cccc(COCC2CC3CCC2C3)c1. The molecule has 1 nitrogen and oxygen atoms in total. The molecule has 2 bridgehead atoms. The average molecular weight is 284 g/mol. The van der Waals surface area contributed by atoms with Crippen LogP contribution in [0.2, 0.25) is 0 Å². The molecule has 20 heavy (non-hydrogen) atoms. The van der Waals surface area contributed by atoms with Crippen LogP contribution in [0.3, 0.4) is 0 Å². The van der Waals surface area contributed by atoms with Crippen molar-refractivity contribution in [2.45, 2.75) is 38.5 Å². The summed E-state index contributed by atoms with van der Waals surface area (Å²) in [6.07, 6.45) is 0.961. The van der Waals surface area contributed by atoms with Crippen molar-refractivity contribution in [3.63, 3.8) is 0 Å². The van der Waals surface area contributed by atoms with Gasteiger partial charge in [0.2, 0.25) is 0 Å². The molecule has 0 radical (unpaired) electrons. The van der Waals surface area contributed by atoms with Gasteiger partial charge in [-0.05, 0) is 54.7 Å². The van der Waals surface area contributed by atoms with Gasteiger partial charge in [0, 0.05) is 0 Å². The Morgan fingerprint density at radius 2 is 2.00 bits per heavy atom. The Hall–Kier alpha value is -1.03. The van der Waals surface area contributed by atoms with Gasteiger partial charge in [-0.1, -0.05) is 18.6 Å². The fourth-order valence-electron chi connectivity index (χ4n) is 3.75.